The van der Waals surface area contributed by atoms with Crippen LogP contribution in [0.2, 0.25) is 0 Å². The smallest absolute Gasteiger partial charge is 0.191 e. The predicted molar refractivity (Wildman–Crippen MR) is 128 cm³/mol. The van der Waals surface area contributed by atoms with Gasteiger partial charge in [0, 0.05) is 44.1 Å². The van der Waals surface area contributed by atoms with Crippen molar-refractivity contribution in [1.82, 2.24) is 24.9 Å². The zero-order chi connectivity index (χ0) is 19.2. The number of fused-ring (bicyclic) bond motifs is 1. The molecule has 0 aromatic carbocycles. The standard InChI is InChI=1S/C21H34N6.HI/c1-5-22-21(25-18-9-11-26(12-10-18)14-16(2)3)23-13-19-15-27-17(4)7-6-8-20(27)24-19;/h6-8,15-16,18H,5,9-14H2,1-4H3,(H2,22,23,25);1H. The number of pyridine rings is 1. The summed E-state index contributed by atoms with van der Waals surface area (Å²) >= 11 is 0. The molecule has 28 heavy (non-hydrogen) atoms. The highest BCUT2D eigenvalue weighted by molar-refractivity contribution is 14.0. The quantitative estimate of drug-likeness (QED) is 0.364. The number of halogens is 1. The van der Waals surface area contributed by atoms with Crippen LogP contribution in [-0.2, 0) is 6.54 Å². The number of likely N-dealkylation sites (tertiary alicyclic amines) is 1. The van der Waals surface area contributed by atoms with Gasteiger partial charge in [0.25, 0.3) is 0 Å². The van der Waals surface area contributed by atoms with Crippen LogP contribution in [0.1, 0.15) is 45.0 Å². The maximum atomic E-state index is 4.78. The van der Waals surface area contributed by atoms with Gasteiger partial charge in [-0.25, -0.2) is 9.98 Å². The summed E-state index contributed by atoms with van der Waals surface area (Å²) in [7, 11) is 0. The summed E-state index contributed by atoms with van der Waals surface area (Å²) in [4.78, 5) is 12.0. The third-order valence-electron chi connectivity index (χ3n) is 5.04. The average molecular weight is 498 g/mol. The summed E-state index contributed by atoms with van der Waals surface area (Å²) in [5.74, 6) is 1.64. The Morgan fingerprint density at radius 3 is 2.68 bits per heavy atom. The summed E-state index contributed by atoms with van der Waals surface area (Å²) in [6.07, 6.45) is 4.43. The van der Waals surface area contributed by atoms with E-state index in [1.807, 2.05) is 12.1 Å². The molecular formula is C21H35IN6. The molecule has 0 aliphatic carbocycles. The lowest BCUT2D eigenvalue weighted by molar-refractivity contribution is 0.187. The van der Waals surface area contributed by atoms with Crippen molar-refractivity contribution < 1.29 is 0 Å². The monoisotopic (exact) mass is 498 g/mol. The highest BCUT2D eigenvalue weighted by Crippen LogP contribution is 2.12. The van der Waals surface area contributed by atoms with E-state index in [1.54, 1.807) is 0 Å². The molecule has 0 atom stereocenters. The molecule has 2 N–H and O–H groups in total. The number of imidazole rings is 1. The Kier molecular flexibility index (Phi) is 9.01. The fraction of sp³-hybridized carbons (Fsp3) is 0.619. The Morgan fingerprint density at radius 2 is 2.04 bits per heavy atom. The van der Waals surface area contributed by atoms with Crippen LogP contribution in [0.25, 0.3) is 5.65 Å². The van der Waals surface area contributed by atoms with Crippen LogP contribution in [0.15, 0.2) is 29.4 Å². The van der Waals surface area contributed by atoms with Gasteiger partial charge in [0.1, 0.15) is 5.65 Å². The topological polar surface area (TPSA) is 57.0 Å². The van der Waals surface area contributed by atoms with Crippen molar-refractivity contribution >= 4 is 35.6 Å². The molecule has 0 amide bonds. The van der Waals surface area contributed by atoms with Crippen LogP contribution in [0.3, 0.4) is 0 Å². The van der Waals surface area contributed by atoms with Crippen LogP contribution in [0.4, 0.5) is 0 Å². The first kappa shape index (κ1) is 22.9. The van der Waals surface area contributed by atoms with Gasteiger partial charge in [-0.05, 0) is 44.7 Å². The maximum Gasteiger partial charge on any atom is 0.191 e. The number of rotatable bonds is 6. The molecule has 0 unspecified atom stereocenters. The van der Waals surface area contributed by atoms with E-state index in [1.165, 1.54) is 38.2 Å². The first-order chi connectivity index (χ1) is 13.0. The normalized spacial score (nSPS) is 16.4. The van der Waals surface area contributed by atoms with Crippen LogP contribution >= 0.6 is 24.0 Å². The third-order valence-corrected chi connectivity index (χ3v) is 5.04. The summed E-state index contributed by atoms with van der Waals surface area (Å²) in [6.45, 7) is 13.8. The van der Waals surface area contributed by atoms with E-state index in [2.05, 4.69) is 64.9 Å². The van der Waals surface area contributed by atoms with E-state index in [-0.39, 0.29) is 24.0 Å². The number of hydrogen-bond acceptors (Lipinski definition) is 3. The number of aromatic nitrogens is 2. The van der Waals surface area contributed by atoms with Crippen molar-refractivity contribution in [2.75, 3.05) is 26.2 Å². The van der Waals surface area contributed by atoms with E-state index < -0.39 is 0 Å². The molecule has 1 aliphatic heterocycles. The van der Waals surface area contributed by atoms with Crippen LogP contribution < -0.4 is 10.6 Å². The summed E-state index contributed by atoms with van der Waals surface area (Å²) < 4.78 is 2.12. The molecule has 3 rings (SSSR count). The molecule has 6 nitrogen and oxygen atoms in total. The van der Waals surface area contributed by atoms with E-state index in [9.17, 15) is 0 Å². The van der Waals surface area contributed by atoms with Crippen molar-refractivity contribution in [2.45, 2.75) is 53.1 Å². The molecule has 2 aromatic heterocycles. The lowest BCUT2D eigenvalue weighted by Crippen LogP contribution is -2.49. The highest BCUT2D eigenvalue weighted by atomic mass is 127. The molecule has 1 fully saturated rings. The first-order valence-electron chi connectivity index (χ1n) is 10.3. The number of nitrogens with one attached hydrogen (secondary N) is 2. The molecule has 2 aromatic rings. The van der Waals surface area contributed by atoms with Crippen LogP contribution in [-0.4, -0.2) is 52.5 Å². The maximum absolute atomic E-state index is 4.78. The predicted octanol–water partition coefficient (Wildman–Crippen LogP) is 3.44. The number of piperidine rings is 1. The van der Waals surface area contributed by atoms with E-state index in [4.69, 9.17) is 4.99 Å². The summed E-state index contributed by atoms with van der Waals surface area (Å²) in [5.41, 5.74) is 3.16. The minimum absolute atomic E-state index is 0. The fourth-order valence-corrected chi connectivity index (χ4v) is 3.72. The van der Waals surface area contributed by atoms with Gasteiger partial charge in [0.2, 0.25) is 0 Å². The third kappa shape index (κ3) is 6.34. The van der Waals surface area contributed by atoms with Crippen molar-refractivity contribution in [3.8, 4) is 0 Å². The van der Waals surface area contributed by atoms with Gasteiger partial charge < -0.3 is 19.9 Å². The average Bonchev–Trinajstić information content (AvgIpc) is 3.06. The SMILES string of the molecule is CCNC(=NCc1cn2c(C)cccc2n1)NC1CCN(CC(C)C)CC1.I. The van der Waals surface area contributed by atoms with E-state index in [0.29, 0.717) is 12.6 Å². The van der Waals surface area contributed by atoms with Gasteiger partial charge in [0.15, 0.2) is 5.96 Å². The molecular weight excluding hydrogens is 463 g/mol. The molecule has 1 saturated heterocycles. The largest absolute Gasteiger partial charge is 0.357 e. The van der Waals surface area contributed by atoms with Crippen LogP contribution in [0, 0.1) is 12.8 Å². The van der Waals surface area contributed by atoms with Crippen molar-refractivity contribution in [3.63, 3.8) is 0 Å². The Labute approximate surface area is 186 Å². The lowest BCUT2D eigenvalue weighted by atomic mass is 10.0. The van der Waals surface area contributed by atoms with Gasteiger partial charge in [0.05, 0.1) is 12.2 Å². The number of aryl methyl sites for hydroxylation is 1. The Bertz CT molecular complexity index is 761. The Balaban J connectivity index is 0.00000280. The zero-order valence-electron chi connectivity index (χ0n) is 17.6. The van der Waals surface area contributed by atoms with Gasteiger partial charge >= 0.3 is 0 Å². The molecule has 0 radical (unpaired) electrons. The van der Waals surface area contributed by atoms with Gasteiger partial charge in [-0.1, -0.05) is 19.9 Å². The molecule has 156 valence electrons. The number of nitrogens with zero attached hydrogens (tertiary/aromatic N) is 4. The molecule has 0 spiro atoms. The molecule has 1 aliphatic rings. The zero-order valence-corrected chi connectivity index (χ0v) is 19.9. The Morgan fingerprint density at radius 1 is 1.29 bits per heavy atom. The molecule has 0 saturated carbocycles. The highest BCUT2D eigenvalue weighted by Gasteiger charge is 2.20. The molecule has 0 bridgehead atoms. The summed E-state index contributed by atoms with van der Waals surface area (Å²) in [6, 6.07) is 6.67. The minimum atomic E-state index is 0. The Hall–Kier alpha value is -1.35. The second kappa shape index (κ2) is 11.0. The van der Waals surface area contributed by atoms with Gasteiger partial charge in [-0.2, -0.15) is 0 Å². The van der Waals surface area contributed by atoms with Gasteiger partial charge in [-0.15, -0.1) is 24.0 Å². The second-order valence-corrected chi connectivity index (χ2v) is 7.94. The number of aliphatic imine (C=N–C) groups is 1. The number of guanidine groups is 1. The van der Waals surface area contributed by atoms with Crippen molar-refractivity contribution in [2.24, 2.45) is 10.9 Å². The number of hydrogen-bond donors (Lipinski definition) is 2. The van der Waals surface area contributed by atoms with E-state index >= 15 is 0 Å². The first-order valence-corrected chi connectivity index (χ1v) is 10.3. The van der Waals surface area contributed by atoms with Gasteiger partial charge in [-0.3, -0.25) is 0 Å². The van der Waals surface area contributed by atoms with E-state index in [0.717, 1.165) is 29.8 Å². The molecule has 7 heteroatoms. The van der Waals surface area contributed by atoms with Crippen molar-refractivity contribution in [3.05, 3.63) is 35.8 Å². The minimum Gasteiger partial charge on any atom is -0.357 e. The molecule has 3 heterocycles. The lowest BCUT2D eigenvalue weighted by Gasteiger charge is -2.34. The van der Waals surface area contributed by atoms with Crippen LogP contribution in [0.5, 0.6) is 0 Å². The van der Waals surface area contributed by atoms with Crippen molar-refractivity contribution in [1.29, 1.82) is 0 Å². The fourth-order valence-electron chi connectivity index (χ4n) is 3.72. The second-order valence-electron chi connectivity index (χ2n) is 7.94. The summed E-state index contributed by atoms with van der Waals surface area (Å²) in [5, 5.41) is 7.00.